The highest BCUT2D eigenvalue weighted by Crippen LogP contribution is 2.26. The molecule has 1 aromatic carbocycles. The lowest BCUT2D eigenvalue weighted by Crippen LogP contribution is -2.39. The van der Waals surface area contributed by atoms with E-state index in [0.29, 0.717) is 6.04 Å². The van der Waals surface area contributed by atoms with Crippen LogP contribution in [0, 0.1) is 18.7 Å². The fourth-order valence-corrected chi connectivity index (χ4v) is 2.15. The minimum Gasteiger partial charge on any atom is -0.310 e. The van der Waals surface area contributed by atoms with Gasteiger partial charge in [0.15, 0.2) is 0 Å². The molecular weight excluding hydrogens is 189 g/mol. The summed E-state index contributed by atoms with van der Waals surface area (Å²) in [6.07, 6.45) is 2.56. The highest BCUT2D eigenvalue weighted by Gasteiger charge is 2.24. The Morgan fingerprint density at radius 1 is 1.40 bits per heavy atom. The lowest BCUT2D eigenvalue weighted by Gasteiger charge is -2.33. The van der Waals surface area contributed by atoms with Crippen LogP contribution in [0.3, 0.4) is 0 Å². The highest BCUT2D eigenvalue weighted by molar-refractivity contribution is 5.23. The molecule has 1 nitrogen and oxygen atoms in total. The largest absolute Gasteiger partial charge is 0.310 e. The summed E-state index contributed by atoms with van der Waals surface area (Å²) >= 11 is 0. The van der Waals surface area contributed by atoms with Crippen molar-refractivity contribution in [2.75, 3.05) is 0 Å². The molecule has 0 aromatic heterocycles. The fourth-order valence-electron chi connectivity index (χ4n) is 2.15. The molecule has 1 N–H and O–H groups in total. The summed E-state index contributed by atoms with van der Waals surface area (Å²) < 4.78 is 13.0. The molecule has 1 saturated carbocycles. The van der Waals surface area contributed by atoms with Gasteiger partial charge in [0.05, 0.1) is 0 Å². The van der Waals surface area contributed by atoms with E-state index in [1.807, 2.05) is 19.1 Å². The number of hydrogen-bond donors (Lipinski definition) is 1. The van der Waals surface area contributed by atoms with E-state index >= 15 is 0 Å². The Morgan fingerprint density at radius 2 is 2.13 bits per heavy atom. The first kappa shape index (κ1) is 10.6. The second-order valence-corrected chi connectivity index (χ2v) is 4.74. The van der Waals surface area contributed by atoms with Gasteiger partial charge in [-0.15, -0.1) is 0 Å². The first-order chi connectivity index (χ1) is 7.15. The molecule has 15 heavy (non-hydrogen) atoms. The van der Waals surface area contributed by atoms with Gasteiger partial charge in [0.25, 0.3) is 0 Å². The molecule has 0 aliphatic heterocycles. The number of nitrogens with one attached hydrogen (secondary N) is 1. The topological polar surface area (TPSA) is 12.0 Å². The highest BCUT2D eigenvalue weighted by atomic mass is 19.1. The number of aryl methyl sites for hydroxylation is 1. The van der Waals surface area contributed by atoms with Crippen molar-refractivity contribution in [2.45, 2.75) is 39.3 Å². The molecule has 0 unspecified atom stereocenters. The zero-order chi connectivity index (χ0) is 10.8. The maximum atomic E-state index is 13.0. The van der Waals surface area contributed by atoms with Crippen molar-refractivity contribution >= 4 is 0 Å². The first-order valence-corrected chi connectivity index (χ1v) is 5.63. The van der Waals surface area contributed by atoms with Crippen LogP contribution in [0.1, 0.15) is 30.9 Å². The minimum absolute atomic E-state index is 0.115. The summed E-state index contributed by atoms with van der Waals surface area (Å²) in [7, 11) is 0. The van der Waals surface area contributed by atoms with E-state index in [4.69, 9.17) is 0 Å². The Morgan fingerprint density at radius 3 is 2.73 bits per heavy atom. The maximum absolute atomic E-state index is 13.0. The molecule has 0 spiro atoms. The number of benzene rings is 1. The average molecular weight is 207 g/mol. The lowest BCUT2D eigenvalue weighted by atomic mass is 9.82. The Hall–Kier alpha value is -0.890. The van der Waals surface area contributed by atoms with Gasteiger partial charge in [-0.3, -0.25) is 0 Å². The third-order valence-corrected chi connectivity index (χ3v) is 3.19. The molecule has 1 aliphatic rings. The predicted molar refractivity (Wildman–Crippen MR) is 60.2 cm³/mol. The van der Waals surface area contributed by atoms with Gasteiger partial charge in [-0.25, -0.2) is 4.39 Å². The SMILES string of the molecule is Cc1cc(CNC2CC(C)C2)ccc1F. The van der Waals surface area contributed by atoms with Gasteiger partial charge < -0.3 is 5.32 Å². The normalized spacial score (nSPS) is 25.0. The Bertz CT molecular complexity index is 342. The number of hydrogen-bond acceptors (Lipinski definition) is 1. The van der Waals surface area contributed by atoms with Crippen LogP contribution in [0.2, 0.25) is 0 Å². The molecule has 82 valence electrons. The summed E-state index contributed by atoms with van der Waals surface area (Å²) in [6, 6.07) is 6.00. The molecule has 0 radical (unpaired) electrons. The van der Waals surface area contributed by atoms with Crippen molar-refractivity contribution in [1.82, 2.24) is 5.32 Å². The monoisotopic (exact) mass is 207 g/mol. The van der Waals surface area contributed by atoms with Crippen LogP contribution in [0.25, 0.3) is 0 Å². The smallest absolute Gasteiger partial charge is 0.126 e. The van der Waals surface area contributed by atoms with Crippen LogP contribution in [0.5, 0.6) is 0 Å². The molecule has 0 atom stereocenters. The standard InChI is InChI=1S/C13H18FN/c1-9-5-12(6-9)15-8-11-3-4-13(14)10(2)7-11/h3-4,7,9,12,15H,5-6,8H2,1-2H3. The van der Waals surface area contributed by atoms with Gasteiger partial charge in [0, 0.05) is 12.6 Å². The van der Waals surface area contributed by atoms with Gasteiger partial charge in [-0.2, -0.15) is 0 Å². The van der Waals surface area contributed by atoms with Crippen LogP contribution < -0.4 is 5.32 Å². The molecule has 0 amide bonds. The molecule has 2 rings (SSSR count). The van der Waals surface area contributed by atoms with Crippen LogP contribution in [-0.4, -0.2) is 6.04 Å². The van der Waals surface area contributed by atoms with E-state index in [2.05, 4.69) is 12.2 Å². The number of rotatable bonds is 3. The fraction of sp³-hybridized carbons (Fsp3) is 0.538. The quantitative estimate of drug-likeness (QED) is 0.803. The van der Waals surface area contributed by atoms with Gasteiger partial charge in [0.1, 0.15) is 5.82 Å². The van der Waals surface area contributed by atoms with Crippen LogP contribution in [0.4, 0.5) is 4.39 Å². The van der Waals surface area contributed by atoms with Crippen molar-refractivity contribution in [1.29, 1.82) is 0 Å². The summed E-state index contributed by atoms with van der Waals surface area (Å²) in [5.41, 5.74) is 1.91. The summed E-state index contributed by atoms with van der Waals surface area (Å²) in [6.45, 7) is 4.95. The average Bonchev–Trinajstić information content (AvgIpc) is 2.16. The molecule has 0 heterocycles. The predicted octanol–water partition coefficient (Wildman–Crippen LogP) is 3.02. The van der Waals surface area contributed by atoms with Gasteiger partial charge in [0.2, 0.25) is 0 Å². The second kappa shape index (κ2) is 4.31. The zero-order valence-corrected chi connectivity index (χ0v) is 9.39. The van der Waals surface area contributed by atoms with Gasteiger partial charge in [-0.1, -0.05) is 19.1 Å². The third kappa shape index (κ3) is 2.57. The molecular formula is C13H18FN. The van der Waals surface area contributed by atoms with Crippen LogP contribution in [0.15, 0.2) is 18.2 Å². The Kier molecular flexibility index (Phi) is 3.06. The van der Waals surface area contributed by atoms with E-state index in [1.54, 1.807) is 6.07 Å². The van der Waals surface area contributed by atoms with Gasteiger partial charge >= 0.3 is 0 Å². The lowest BCUT2D eigenvalue weighted by molar-refractivity contribution is 0.240. The van der Waals surface area contributed by atoms with Crippen LogP contribution >= 0.6 is 0 Å². The van der Waals surface area contributed by atoms with Crippen molar-refractivity contribution in [3.05, 3.63) is 35.1 Å². The Labute approximate surface area is 90.7 Å². The summed E-state index contributed by atoms with van der Waals surface area (Å²) in [5, 5.41) is 3.49. The maximum Gasteiger partial charge on any atom is 0.126 e. The van der Waals surface area contributed by atoms with Crippen molar-refractivity contribution < 1.29 is 4.39 Å². The minimum atomic E-state index is -0.115. The first-order valence-electron chi connectivity index (χ1n) is 5.63. The van der Waals surface area contributed by atoms with Crippen molar-refractivity contribution in [3.8, 4) is 0 Å². The van der Waals surface area contributed by atoms with E-state index in [-0.39, 0.29) is 5.82 Å². The Balaban J connectivity index is 1.86. The second-order valence-electron chi connectivity index (χ2n) is 4.74. The van der Waals surface area contributed by atoms with E-state index in [0.717, 1.165) is 18.0 Å². The van der Waals surface area contributed by atoms with Crippen molar-refractivity contribution in [3.63, 3.8) is 0 Å². The number of halogens is 1. The van der Waals surface area contributed by atoms with E-state index < -0.39 is 0 Å². The van der Waals surface area contributed by atoms with Crippen molar-refractivity contribution in [2.24, 2.45) is 5.92 Å². The molecule has 1 fully saturated rings. The van der Waals surface area contributed by atoms with Crippen LogP contribution in [-0.2, 0) is 6.54 Å². The summed E-state index contributed by atoms with van der Waals surface area (Å²) in [5.74, 6) is 0.758. The van der Waals surface area contributed by atoms with Gasteiger partial charge in [-0.05, 0) is 42.9 Å². The van der Waals surface area contributed by atoms with E-state index in [9.17, 15) is 4.39 Å². The van der Waals surface area contributed by atoms with E-state index in [1.165, 1.54) is 18.4 Å². The molecule has 1 aliphatic carbocycles. The molecule has 0 bridgehead atoms. The summed E-state index contributed by atoms with van der Waals surface area (Å²) in [4.78, 5) is 0. The molecule has 2 heteroatoms. The molecule has 0 saturated heterocycles. The zero-order valence-electron chi connectivity index (χ0n) is 9.39. The molecule has 1 aromatic rings. The third-order valence-electron chi connectivity index (χ3n) is 3.19.